The molecule has 1 aromatic rings. The van der Waals surface area contributed by atoms with Gasteiger partial charge in [0.2, 0.25) is 5.91 Å². The molecule has 0 spiro atoms. The molecule has 2 aliphatic rings. The second-order valence-corrected chi connectivity index (χ2v) is 7.90. The van der Waals surface area contributed by atoms with Gasteiger partial charge in [0.15, 0.2) is 0 Å². The van der Waals surface area contributed by atoms with Crippen LogP contribution in [0.5, 0.6) is 5.75 Å². The molecule has 3 rings (SSSR count). The van der Waals surface area contributed by atoms with Gasteiger partial charge in [0.25, 0.3) is 0 Å². The number of likely N-dealkylation sites (tertiary alicyclic amines) is 1. The van der Waals surface area contributed by atoms with Crippen LogP contribution < -0.4 is 10.1 Å². The number of nitrogens with zero attached hydrogens (tertiary/aromatic N) is 1. The van der Waals surface area contributed by atoms with Gasteiger partial charge in [0.1, 0.15) is 5.75 Å². The molecule has 1 atom stereocenters. The molecule has 0 bridgehead atoms. The average Bonchev–Trinajstić information content (AvgIpc) is 2.96. The summed E-state index contributed by atoms with van der Waals surface area (Å²) in [6.45, 7) is 2.25. The molecule has 1 saturated carbocycles. The van der Waals surface area contributed by atoms with Crippen molar-refractivity contribution in [2.75, 3.05) is 20.2 Å². The van der Waals surface area contributed by atoms with Crippen molar-refractivity contribution in [2.24, 2.45) is 0 Å². The zero-order valence-electron chi connectivity index (χ0n) is 16.2. The van der Waals surface area contributed by atoms with Gasteiger partial charge >= 0.3 is 0 Å². The molecule has 4 nitrogen and oxygen atoms in total. The molecule has 0 unspecified atom stereocenters. The van der Waals surface area contributed by atoms with Gasteiger partial charge in [-0.1, -0.05) is 37.8 Å². The maximum Gasteiger partial charge on any atom is 0.220 e. The lowest BCUT2D eigenvalue weighted by Gasteiger charge is -2.38. The summed E-state index contributed by atoms with van der Waals surface area (Å²) in [4.78, 5) is 15.0. The summed E-state index contributed by atoms with van der Waals surface area (Å²) in [5.74, 6) is 1.05. The van der Waals surface area contributed by atoms with Crippen molar-refractivity contribution in [2.45, 2.75) is 76.3 Å². The fourth-order valence-electron chi connectivity index (χ4n) is 4.43. The number of rotatable bonds is 6. The van der Waals surface area contributed by atoms with E-state index < -0.39 is 0 Å². The summed E-state index contributed by atoms with van der Waals surface area (Å²) >= 11 is 0. The Morgan fingerprint density at radius 3 is 2.50 bits per heavy atom. The van der Waals surface area contributed by atoms with Crippen LogP contribution in [0.4, 0.5) is 0 Å². The highest BCUT2D eigenvalue weighted by Gasteiger charge is 2.27. The minimum Gasteiger partial charge on any atom is -0.497 e. The smallest absolute Gasteiger partial charge is 0.220 e. The van der Waals surface area contributed by atoms with Crippen molar-refractivity contribution in [3.05, 3.63) is 29.8 Å². The summed E-state index contributed by atoms with van der Waals surface area (Å²) in [6.07, 6.45) is 11.9. The molecule has 2 fully saturated rings. The van der Waals surface area contributed by atoms with Gasteiger partial charge in [-0.2, -0.15) is 0 Å². The number of nitrogens with one attached hydrogen (secondary N) is 1. The van der Waals surface area contributed by atoms with Crippen LogP contribution in [0.2, 0.25) is 0 Å². The molecular weight excluding hydrogens is 324 g/mol. The summed E-state index contributed by atoms with van der Waals surface area (Å²) in [6, 6.07) is 9.07. The Morgan fingerprint density at radius 1 is 1.08 bits per heavy atom. The second-order valence-electron chi connectivity index (χ2n) is 7.90. The molecular formula is C22H34N2O2. The number of aryl methyl sites for hydroxylation is 1. The van der Waals surface area contributed by atoms with Crippen molar-refractivity contribution in [3.8, 4) is 5.75 Å². The largest absolute Gasteiger partial charge is 0.497 e. The van der Waals surface area contributed by atoms with Crippen molar-refractivity contribution in [3.63, 3.8) is 0 Å². The Bertz CT molecular complexity index is 550. The van der Waals surface area contributed by atoms with Gasteiger partial charge in [0.05, 0.1) is 7.11 Å². The van der Waals surface area contributed by atoms with Crippen LogP contribution in [0, 0.1) is 0 Å². The maximum atomic E-state index is 12.4. The SMILES string of the molecule is COc1ccc(CCC(=O)N[C@H]2CCCN(C3CCCCCC3)C2)cc1. The van der Waals surface area contributed by atoms with Gasteiger partial charge in [-0.3, -0.25) is 9.69 Å². The number of carbonyl (C=O) groups excluding carboxylic acids is 1. The van der Waals surface area contributed by atoms with Crippen LogP contribution in [0.15, 0.2) is 24.3 Å². The quantitative estimate of drug-likeness (QED) is 0.784. The first-order chi connectivity index (χ1) is 12.7. The average molecular weight is 359 g/mol. The Kier molecular flexibility index (Phi) is 7.36. The van der Waals surface area contributed by atoms with E-state index in [0.29, 0.717) is 12.5 Å². The lowest BCUT2D eigenvalue weighted by atomic mass is 9.99. The fourth-order valence-corrected chi connectivity index (χ4v) is 4.43. The first-order valence-corrected chi connectivity index (χ1v) is 10.4. The van der Waals surface area contributed by atoms with E-state index in [4.69, 9.17) is 4.74 Å². The van der Waals surface area contributed by atoms with Crippen LogP contribution in [0.1, 0.15) is 63.4 Å². The van der Waals surface area contributed by atoms with Gasteiger partial charge < -0.3 is 10.1 Å². The summed E-state index contributed by atoms with van der Waals surface area (Å²) < 4.78 is 5.18. The normalized spacial score (nSPS) is 22.6. The summed E-state index contributed by atoms with van der Waals surface area (Å²) in [5, 5.41) is 3.29. The predicted molar refractivity (Wildman–Crippen MR) is 106 cm³/mol. The van der Waals surface area contributed by atoms with Crippen LogP contribution in [0.3, 0.4) is 0 Å². The number of amides is 1. The van der Waals surface area contributed by atoms with Crippen molar-refractivity contribution >= 4 is 5.91 Å². The summed E-state index contributed by atoms with van der Waals surface area (Å²) in [5.41, 5.74) is 1.18. The van der Waals surface area contributed by atoms with E-state index in [2.05, 4.69) is 10.2 Å². The Labute approximate surface area is 158 Å². The lowest BCUT2D eigenvalue weighted by Crippen LogP contribution is -2.50. The van der Waals surface area contributed by atoms with Crippen molar-refractivity contribution < 1.29 is 9.53 Å². The highest BCUT2D eigenvalue weighted by molar-refractivity contribution is 5.76. The number of hydrogen-bond donors (Lipinski definition) is 1. The monoisotopic (exact) mass is 358 g/mol. The molecule has 1 aliphatic carbocycles. The van der Waals surface area contributed by atoms with Gasteiger partial charge in [0, 0.05) is 25.0 Å². The summed E-state index contributed by atoms with van der Waals surface area (Å²) in [7, 11) is 1.67. The maximum absolute atomic E-state index is 12.4. The molecule has 0 radical (unpaired) electrons. The number of methoxy groups -OCH3 is 1. The molecule has 0 aromatic heterocycles. The van der Waals surface area contributed by atoms with E-state index in [1.807, 2.05) is 24.3 Å². The Hall–Kier alpha value is -1.55. The Morgan fingerprint density at radius 2 is 1.81 bits per heavy atom. The van der Waals surface area contributed by atoms with E-state index in [1.165, 1.54) is 57.1 Å². The third-order valence-electron chi connectivity index (χ3n) is 5.96. The molecule has 26 heavy (non-hydrogen) atoms. The number of benzene rings is 1. The van der Waals surface area contributed by atoms with Gasteiger partial charge in [-0.05, 0) is 56.3 Å². The van der Waals surface area contributed by atoms with Crippen LogP contribution in [-0.2, 0) is 11.2 Å². The molecule has 1 aromatic carbocycles. The molecule has 1 heterocycles. The van der Waals surface area contributed by atoms with Crippen LogP contribution in [-0.4, -0.2) is 43.1 Å². The van der Waals surface area contributed by atoms with E-state index >= 15 is 0 Å². The minimum absolute atomic E-state index is 0.188. The number of hydrogen-bond acceptors (Lipinski definition) is 3. The Balaban J connectivity index is 1.42. The van der Waals surface area contributed by atoms with Crippen LogP contribution >= 0.6 is 0 Å². The predicted octanol–water partition coefficient (Wildman–Crippen LogP) is 3.93. The minimum atomic E-state index is 0.188. The molecule has 1 aliphatic heterocycles. The van der Waals surface area contributed by atoms with Crippen LogP contribution in [0.25, 0.3) is 0 Å². The molecule has 144 valence electrons. The third-order valence-corrected chi connectivity index (χ3v) is 5.96. The fraction of sp³-hybridized carbons (Fsp3) is 0.682. The van der Waals surface area contributed by atoms with E-state index in [-0.39, 0.29) is 5.91 Å². The first-order valence-electron chi connectivity index (χ1n) is 10.4. The zero-order valence-corrected chi connectivity index (χ0v) is 16.2. The second kappa shape index (κ2) is 9.96. The first kappa shape index (κ1) is 19.2. The standard InChI is InChI=1S/C22H34N2O2/c1-26-21-13-10-18(11-14-21)12-15-22(25)23-19-7-6-16-24(17-19)20-8-4-2-3-5-9-20/h10-11,13-14,19-20H,2-9,12,15-17H2,1H3,(H,23,25)/t19-/m0/s1. The zero-order chi connectivity index (χ0) is 18.2. The van der Waals surface area contributed by atoms with Crippen molar-refractivity contribution in [1.82, 2.24) is 10.2 Å². The molecule has 1 N–H and O–H groups in total. The lowest BCUT2D eigenvalue weighted by molar-refractivity contribution is -0.122. The third kappa shape index (κ3) is 5.73. The van der Waals surface area contributed by atoms with Crippen molar-refractivity contribution in [1.29, 1.82) is 0 Å². The van der Waals surface area contributed by atoms with E-state index in [0.717, 1.165) is 31.2 Å². The highest BCUT2D eigenvalue weighted by Crippen LogP contribution is 2.24. The molecule has 4 heteroatoms. The molecule has 1 amide bonds. The molecule has 1 saturated heterocycles. The number of piperidine rings is 1. The van der Waals surface area contributed by atoms with Gasteiger partial charge in [-0.25, -0.2) is 0 Å². The number of carbonyl (C=O) groups is 1. The van der Waals surface area contributed by atoms with Gasteiger partial charge in [-0.15, -0.1) is 0 Å². The topological polar surface area (TPSA) is 41.6 Å². The highest BCUT2D eigenvalue weighted by atomic mass is 16.5. The van der Waals surface area contributed by atoms with E-state index in [9.17, 15) is 4.79 Å². The number of ether oxygens (including phenoxy) is 1. The van der Waals surface area contributed by atoms with E-state index in [1.54, 1.807) is 7.11 Å².